The Kier molecular flexibility index (Phi) is 4.95. The highest BCUT2D eigenvalue weighted by molar-refractivity contribution is 6.33. The predicted molar refractivity (Wildman–Crippen MR) is 100 cm³/mol. The van der Waals surface area contributed by atoms with Crippen LogP contribution in [0.25, 0.3) is 0 Å². The summed E-state index contributed by atoms with van der Waals surface area (Å²) in [6.45, 7) is 6.95. The first-order valence-electron chi connectivity index (χ1n) is 8.18. The van der Waals surface area contributed by atoms with Gasteiger partial charge in [0.15, 0.2) is 0 Å². The summed E-state index contributed by atoms with van der Waals surface area (Å²) < 4.78 is 0. The summed E-state index contributed by atoms with van der Waals surface area (Å²) in [6, 6.07) is 13.8. The number of hydrogen-bond donors (Lipinski definition) is 1. The fourth-order valence-electron chi connectivity index (χ4n) is 3.06. The number of piperazine rings is 1. The van der Waals surface area contributed by atoms with E-state index < -0.39 is 0 Å². The molecule has 126 valence electrons. The van der Waals surface area contributed by atoms with Gasteiger partial charge in [0.1, 0.15) is 0 Å². The molecule has 0 aromatic heterocycles. The van der Waals surface area contributed by atoms with Crippen molar-refractivity contribution in [1.82, 2.24) is 4.90 Å². The highest BCUT2D eigenvalue weighted by Gasteiger charge is 2.22. The SMILES string of the molecule is Cc1cccc(C)c1NC(=O)N1CCN(c2ccccc2Cl)CC1. The minimum Gasteiger partial charge on any atom is -0.367 e. The van der Waals surface area contributed by atoms with Crippen molar-refractivity contribution in [1.29, 1.82) is 0 Å². The lowest BCUT2D eigenvalue weighted by molar-refractivity contribution is 0.208. The third kappa shape index (κ3) is 3.49. The Morgan fingerprint density at radius 3 is 2.21 bits per heavy atom. The zero-order valence-corrected chi connectivity index (χ0v) is 14.8. The largest absolute Gasteiger partial charge is 0.367 e. The molecular formula is C19H22ClN3O. The molecule has 1 saturated heterocycles. The highest BCUT2D eigenvalue weighted by atomic mass is 35.5. The Labute approximate surface area is 148 Å². The van der Waals surface area contributed by atoms with E-state index in [2.05, 4.69) is 10.2 Å². The van der Waals surface area contributed by atoms with Crippen molar-refractivity contribution in [3.63, 3.8) is 0 Å². The van der Waals surface area contributed by atoms with Crippen molar-refractivity contribution in [2.24, 2.45) is 0 Å². The molecule has 5 heteroatoms. The van der Waals surface area contributed by atoms with Gasteiger partial charge in [-0.15, -0.1) is 0 Å². The monoisotopic (exact) mass is 343 g/mol. The fourth-order valence-corrected chi connectivity index (χ4v) is 3.31. The van der Waals surface area contributed by atoms with Crippen LogP contribution in [0.2, 0.25) is 5.02 Å². The van der Waals surface area contributed by atoms with Crippen LogP contribution in [0, 0.1) is 13.8 Å². The number of halogens is 1. The lowest BCUT2D eigenvalue weighted by Crippen LogP contribution is -2.50. The first kappa shape index (κ1) is 16.7. The van der Waals surface area contributed by atoms with Crippen LogP contribution in [0.3, 0.4) is 0 Å². The lowest BCUT2D eigenvalue weighted by Gasteiger charge is -2.36. The normalized spacial score (nSPS) is 14.6. The number of rotatable bonds is 2. The molecule has 3 rings (SSSR count). The Morgan fingerprint density at radius 1 is 0.958 bits per heavy atom. The van der Waals surface area contributed by atoms with Crippen LogP contribution < -0.4 is 10.2 Å². The molecule has 1 aliphatic heterocycles. The van der Waals surface area contributed by atoms with Gasteiger partial charge in [-0.25, -0.2) is 4.79 Å². The number of urea groups is 1. The van der Waals surface area contributed by atoms with E-state index >= 15 is 0 Å². The van der Waals surface area contributed by atoms with Gasteiger partial charge in [-0.3, -0.25) is 0 Å². The van der Waals surface area contributed by atoms with E-state index in [1.165, 1.54) is 0 Å². The van der Waals surface area contributed by atoms with E-state index in [0.717, 1.165) is 40.6 Å². The summed E-state index contributed by atoms with van der Waals surface area (Å²) in [5, 5.41) is 3.81. The summed E-state index contributed by atoms with van der Waals surface area (Å²) in [5.41, 5.74) is 4.11. The summed E-state index contributed by atoms with van der Waals surface area (Å²) >= 11 is 6.26. The molecule has 0 unspecified atom stereocenters. The molecule has 24 heavy (non-hydrogen) atoms. The molecule has 1 aliphatic rings. The molecule has 0 saturated carbocycles. The van der Waals surface area contributed by atoms with Gasteiger partial charge in [-0.1, -0.05) is 41.9 Å². The second kappa shape index (κ2) is 7.14. The van der Waals surface area contributed by atoms with Gasteiger partial charge in [-0.05, 0) is 37.1 Å². The smallest absolute Gasteiger partial charge is 0.321 e. The van der Waals surface area contributed by atoms with Gasteiger partial charge in [0.2, 0.25) is 0 Å². The number of hydrogen-bond acceptors (Lipinski definition) is 2. The Hall–Kier alpha value is -2.20. The highest BCUT2D eigenvalue weighted by Crippen LogP contribution is 2.26. The minimum absolute atomic E-state index is 0.0359. The minimum atomic E-state index is -0.0359. The number of aryl methyl sites for hydroxylation is 2. The summed E-state index contributed by atoms with van der Waals surface area (Å²) in [6.07, 6.45) is 0. The van der Waals surface area contributed by atoms with E-state index in [-0.39, 0.29) is 6.03 Å². The van der Waals surface area contributed by atoms with E-state index in [0.29, 0.717) is 13.1 Å². The second-order valence-electron chi connectivity index (χ2n) is 6.12. The van der Waals surface area contributed by atoms with Gasteiger partial charge in [0.25, 0.3) is 0 Å². The zero-order chi connectivity index (χ0) is 17.1. The number of carbonyl (C=O) groups is 1. The fraction of sp³-hybridized carbons (Fsp3) is 0.316. The summed E-state index contributed by atoms with van der Waals surface area (Å²) in [5.74, 6) is 0. The molecule has 0 bridgehead atoms. The number of nitrogens with zero attached hydrogens (tertiary/aromatic N) is 2. The molecule has 0 aliphatic carbocycles. The van der Waals surface area contributed by atoms with Crippen molar-refractivity contribution in [3.8, 4) is 0 Å². The van der Waals surface area contributed by atoms with Crippen molar-refractivity contribution in [3.05, 3.63) is 58.6 Å². The third-order valence-corrected chi connectivity index (χ3v) is 4.79. The number of amides is 2. The molecule has 0 radical (unpaired) electrons. The maximum Gasteiger partial charge on any atom is 0.321 e. The molecule has 1 fully saturated rings. The number of anilines is 2. The van der Waals surface area contributed by atoms with Crippen LogP contribution in [0.5, 0.6) is 0 Å². The molecule has 1 heterocycles. The Bertz CT molecular complexity index is 719. The topological polar surface area (TPSA) is 35.6 Å². The van der Waals surface area contributed by atoms with Crippen LogP contribution >= 0.6 is 11.6 Å². The quantitative estimate of drug-likeness (QED) is 0.881. The van der Waals surface area contributed by atoms with Crippen LogP contribution in [0.1, 0.15) is 11.1 Å². The first-order chi connectivity index (χ1) is 11.6. The Balaban J connectivity index is 1.62. The van der Waals surface area contributed by atoms with Crippen molar-refractivity contribution in [2.45, 2.75) is 13.8 Å². The second-order valence-corrected chi connectivity index (χ2v) is 6.53. The van der Waals surface area contributed by atoms with E-state index in [1.807, 2.05) is 61.2 Å². The molecule has 0 atom stereocenters. The average molecular weight is 344 g/mol. The van der Waals surface area contributed by atoms with Crippen molar-refractivity contribution in [2.75, 3.05) is 36.4 Å². The zero-order valence-electron chi connectivity index (χ0n) is 14.1. The molecule has 2 amide bonds. The maximum atomic E-state index is 12.6. The van der Waals surface area contributed by atoms with Gasteiger partial charge in [-0.2, -0.15) is 0 Å². The molecular weight excluding hydrogens is 322 g/mol. The van der Waals surface area contributed by atoms with E-state index in [4.69, 9.17) is 11.6 Å². The standard InChI is InChI=1S/C19H22ClN3O/c1-14-6-5-7-15(2)18(14)21-19(24)23-12-10-22(11-13-23)17-9-4-3-8-16(17)20/h3-9H,10-13H2,1-2H3,(H,21,24). The number of carbonyl (C=O) groups excluding carboxylic acids is 1. The van der Waals surface area contributed by atoms with Crippen LogP contribution in [-0.4, -0.2) is 37.1 Å². The van der Waals surface area contributed by atoms with Crippen LogP contribution in [0.15, 0.2) is 42.5 Å². The Morgan fingerprint density at radius 2 is 1.58 bits per heavy atom. The summed E-state index contributed by atoms with van der Waals surface area (Å²) in [7, 11) is 0. The van der Waals surface area contributed by atoms with Crippen LogP contribution in [0.4, 0.5) is 16.2 Å². The van der Waals surface area contributed by atoms with E-state index in [9.17, 15) is 4.79 Å². The van der Waals surface area contributed by atoms with Gasteiger partial charge >= 0.3 is 6.03 Å². The number of benzene rings is 2. The maximum absolute atomic E-state index is 12.6. The van der Waals surface area contributed by atoms with Crippen LogP contribution in [-0.2, 0) is 0 Å². The molecule has 1 N–H and O–H groups in total. The predicted octanol–water partition coefficient (Wildman–Crippen LogP) is 4.31. The lowest BCUT2D eigenvalue weighted by atomic mass is 10.1. The molecule has 2 aromatic carbocycles. The average Bonchev–Trinajstić information content (AvgIpc) is 2.59. The van der Waals surface area contributed by atoms with Crippen molar-refractivity contribution < 1.29 is 4.79 Å². The molecule has 2 aromatic rings. The van der Waals surface area contributed by atoms with Gasteiger partial charge in [0, 0.05) is 31.9 Å². The van der Waals surface area contributed by atoms with Gasteiger partial charge < -0.3 is 15.1 Å². The molecule has 4 nitrogen and oxygen atoms in total. The van der Waals surface area contributed by atoms with Crippen molar-refractivity contribution >= 4 is 29.0 Å². The number of nitrogens with one attached hydrogen (secondary N) is 1. The molecule has 0 spiro atoms. The third-order valence-electron chi connectivity index (χ3n) is 4.47. The summed E-state index contributed by atoms with van der Waals surface area (Å²) in [4.78, 5) is 16.6. The number of para-hydroxylation sites is 2. The first-order valence-corrected chi connectivity index (χ1v) is 8.55. The van der Waals surface area contributed by atoms with E-state index in [1.54, 1.807) is 0 Å². The van der Waals surface area contributed by atoms with Gasteiger partial charge in [0.05, 0.1) is 10.7 Å².